The van der Waals surface area contributed by atoms with Gasteiger partial charge in [-0.25, -0.2) is 0 Å². The van der Waals surface area contributed by atoms with E-state index in [0.717, 1.165) is 24.8 Å². The second kappa shape index (κ2) is 12.5. The number of likely N-dealkylation sites (tertiary alicyclic amines) is 1. The topological polar surface area (TPSA) is 48.9 Å². The third-order valence-electron chi connectivity index (χ3n) is 5.32. The maximum atomic E-state index is 5.27. The van der Waals surface area contributed by atoms with Crippen molar-refractivity contribution in [3.63, 3.8) is 0 Å². The van der Waals surface area contributed by atoms with Gasteiger partial charge in [-0.15, -0.1) is 24.0 Å². The smallest absolute Gasteiger partial charge is 0.191 e. The Kier molecular flexibility index (Phi) is 11.2. The standard InChI is InChI=1S/C22H38N4O.HI/c1-6-14-26-15-12-19(13-16-26)25-21(23-7-2)24-17-22(3,4)18-8-10-20(27-5)11-9-18;/h8-11,19H,6-7,12-17H2,1-5H3,(H2,23,24,25);1H. The van der Waals surface area contributed by atoms with Crippen LogP contribution in [-0.4, -0.2) is 56.7 Å². The molecule has 1 saturated heterocycles. The van der Waals surface area contributed by atoms with E-state index in [4.69, 9.17) is 9.73 Å². The van der Waals surface area contributed by atoms with Crippen molar-refractivity contribution in [1.29, 1.82) is 0 Å². The van der Waals surface area contributed by atoms with Gasteiger partial charge < -0.3 is 20.3 Å². The van der Waals surface area contributed by atoms with Crippen molar-refractivity contribution in [3.8, 4) is 5.75 Å². The highest BCUT2D eigenvalue weighted by Gasteiger charge is 2.22. The molecule has 0 atom stereocenters. The van der Waals surface area contributed by atoms with Crippen molar-refractivity contribution in [2.45, 2.75) is 58.4 Å². The van der Waals surface area contributed by atoms with Gasteiger partial charge >= 0.3 is 0 Å². The number of aliphatic imine (C=N–C) groups is 1. The lowest BCUT2D eigenvalue weighted by molar-refractivity contribution is 0.206. The minimum absolute atomic E-state index is 0. The molecule has 0 bridgehead atoms. The first kappa shape index (κ1) is 25.0. The highest BCUT2D eigenvalue weighted by Crippen LogP contribution is 2.25. The number of hydrogen-bond donors (Lipinski definition) is 2. The molecular formula is C22H39IN4O. The zero-order chi connectivity index (χ0) is 19.7. The summed E-state index contributed by atoms with van der Waals surface area (Å²) in [5.74, 6) is 1.83. The lowest BCUT2D eigenvalue weighted by Crippen LogP contribution is -2.49. The highest BCUT2D eigenvalue weighted by atomic mass is 127. The quantitative estimate of drug-likeness (QED) is 0.320. The van der Waals surface area contributed by atoms with Crippen molar-refractivity contribution in [3.05, 3.63) is 29.8 Å². The van der Waals surface area contributed by atoms with E-state index in [0.29, 0.717) is 6.04 Å². The molecule has 1 aromatic carbocycles. The van der Waals surface area contributed by atoms with E-state index in [-0.39, 0.29) is 29.4 Å². The number of methoxy groups -OCH3 is 1. The Morgan fingerprint density at radius 3 is 2.36 bits per heavy atom. The van der Waals surface area contributed by atoms with Gasteiger partial charge in [-0.1, -0.05) is 32.9 Å². The first-order valence-electron chi connectivity index (χ1n) is 10.4. The van der Waals surface area contributed by atoms with Gasteiger partial charge in [-0.3, -0.25) is 4.99 Å². The summed E-state index contributed by atoms with van der Waals surface area (Å²) < 4.78 is 5.27. The Hall–Kier alpha value is -1.02. The second-order valence-electron chi connectivity index (χ2n) is 8.07. The Morgan fingerprint density at radius 2 is 1.82 bits per heavy atom. The Morgan fingerprint density at radius 1 is 1.18 bits per heavy atom. The third-order valence-corrected chi connectivity index (χ3v) is 5.32. The van der Waals surface area contributed by atoms with Gasteiger partial charge in [-0.05, 0) is 50.4 Å². The summed E-state index contributed by atoms with van der Waals surface area (Å²) in [7, 11) is 1.70. The van der Waals surface area contributed by atoms with Gasteiger partial charge in [0.25, 0.3) is 0 Å². The van der Waals surface area contributed by atoms with Gasteiger partial charge in [0.05, 0.1) is 13.7 Å². The second-order valence-corrected chi connectivity index (χ2v) is 8.07. The van der Waals surface area contributed by atoms with Crippen LogP contribution in [-0.2, 0) is 5.41 Å². The van der Waals surface area contributed by atoms with Crippen LogP contribution in [0, 0.1) is 0 Å². The summed E-state index contributed by atoms with van der Waals surface area (Å²) in [5, 5.41) is 7.07. The third kappa shape index (κ3) is 7.78. The van der Waals surface area contributed by atoms with Crippen LogP contribution in [0.5, 0.6) is 5.75 Å². The lowest BCUT2D eigenvalue weighted by atomic mass is 9.85. The number of nitrogens with zero attached hydrogens (tertiary/aromatic N) is 2. The van der Waals surface area contributed by atoms with Crippen LogP contribution >= 0.6 is 24.0 Å². The molecule has 0 spiro atoms. The van der Waals surface area contributed by atoms with E-state index in [2.05, 4.69) is 55.4 Å². The minimum Gasteiger partial charge on any atom is -0.497 e. The Labute approximate surface area is 188 Å². The SMILES string of the molecule is CCCN1CCC(NC(=NCC(C)(C)c2ccc(OC)cc2)NCC)CC1.I. The predicted octanol–water partition coefficient (Wildman–Crippen LogP) is 4.02. The molecule has 0 amide bonds. The molecule has 28 heavy (non-hydrogen) atoms. The number of nitrogens with one attached hydrogen (secondary N) is 2. The molecule has 0 saturated carbocycles. The number of rotatable bonds is 8. The van der Waals surface area contributed by atoms with Crippen LogP contribution in [0.3, 0.4) is 0 Å². The fraction of sp³-hybridized carbons (Fsp3) is 0.682. The molecule has 0 aromatic heterocycles. The van der Waals surface area contributed by atoms with Gasteiger partial charge in [0.1, 0.15) is 5.75 Å². The first-order chi connectivity index (χ1) is 13.0. The largest absolute Gasteiger partial charge is 0.497 e. The van der Waals surface area contributed by atoms with Crippen LogP contribution in [0.15, 0.2) is 29.3 Å². The zero-order valence-corrected chi connectivity index (χ0v) is 20.6. The molecule has 1 fully saturated rings. The summed E-state index contributed by atoms with van der Waals surface area (Å²) in [6.45, 7) is 14.1. The summed E-state index contributed by atoms with van der Waals surface area (Å²) in [6, 6.07) is 8.83. The summed E-state index contributed by atoms with van der Waals surface area (Å²) in [5.41, 5.74) is 1.25. The number of ether oxygens (including phenoxy) is 1. The van der Waals surface area contributed by atoms with Crippen LogP contribution in [0.1, 0.15) is 52.5 Å². The zero-order valence-electron chi connectivity index (χ0n) is 18.3. The minimum atomic E-state index is -0.0287. The number of piperidine rings is 1. The van der Waals surface area contributed by atoms with Crippen LogP contribution in [0.4, 0.5) is 0 Å². The summed E-state index contributed by atoms with van der Waals surface area (Å²) >= 11 is 0. The van der Waals surface area contributed by atoms with Gasteiger partial charge in [0.2, 0.25) is 0 Å². The fourth-order valence-corrected chi connectivity index (χ4v) is 3.54. The van der Waals surface area contributed by atoms with E-state index >= 15 is 0 Å². The molecule has 160 valence electrons. The van der Waals surface area contributed by atoms with Crippen molar-refractivity contribution < 1.29 is 4.74 Å². The van der Waals surface area contributed by atoms with Crippen molar-refractivity contribution in [1.82, 2.24) is 15.5 Å². The monoisotopic (exact) mass is 502 g/mol. The van der Waals surface area contributed by atoms with Crippen LogP contribution in [0.25, 0.3) is 0 Å². The molecule has 5 nitrogen and oxygen atoms in total. The molecular weight excluding hydrogens is 463 g/mol. The van der Waals surface area contributed by atoms with Crippen LogP contribution < -0.4 is 15.4 Å². The molecule has 0 unspecified atom stereocenters. The molecule has 6 heteroatoms. The summed E-state index contributed by atoms with van der Waals surface area (Å²) in [6.07, 6.45) is 3.61. The summed E-state index contributed by atoms with van der Waals surface area (Å²) in [4.78, 5) is 7.47. The fourth-order valence-electron chi connectivity index (χ4n) is 3.54. The van der Waals surface area contributed by atoms with Gasteiger partial charge in [0.15, 0.2) is 5.96 Å². The molecule has 0 radical (unpaired) electrons. The molecule has 1 heterocycles. The van der Waals surface area contributed by atoms with E-state index in [1.54, 1.807) is 7.11 Å². The molecule has 1 aliphatic rings. The van der Waals surface area contributed by atoms with Crippen molar-refractivity contribution >= 4 is 29.9 Å². The van der Waals surface area contributed by atoms with Gasteiger partial charge in [-0.2, -0.15) is 0 Å². The molecule has 2 N–H and O–H groups in total. The first-order valence-corrected chi connectivity index (χ1v) is 10.4. The maximum Gasteiger partial charge on any atom is 0.191 e. The maximum absolute atomic E-state index is 5.27. The lowest BCUT2D eigenvalue weighted by Gasteiger charge is -2.33. The van der Waals surface area contributed by atoms with Gasteiger partial charge in [0, 0.05) is 31.1 Å². The number of hydrogen-bond acceptors (Lipinski definition) is 3. The number of guanidine groups is 1. The number of halogens is 1. The highest BCUT2D eigenvalue weighted by molar-refractivity contribution is 14.0. The molecule has 0 aliphatic carbocycles. The Balaban J connectivity index is 0.00000392. The van der Waals surface area contributed by atoms with E-state index < -0.39 is 0 Å². The van der Waals surface area contributed by atoms with Crippen molar-refractivity contribution in [2.24, 2.45) is 4.99 Å². The van der Waals surface area contributed by atoms with E-state index in [1.165, 1.54) is 44.5 Å². The average Bonchev–Trinajstić information content (AvgIpc) is 2.68. The van der Waals surface area contributed by atoms with E-state index in [9.17, 15) is 0 Å². The van der Waals surface area contributed by atoms with Crippen molar-refractivity contribution in [2.75, 3.05) is 39.8 Å². The number of benzene rings is 1. The Bertz CT molecular complexity index is 581. The van der Waals surface area contributed by atoms with Crippen LogP contribution in [0.2, 0.25) is 0 Å². The molecule has 1 aliphatic heterocycles. The van der Waals surface area contributed by atoms with E-state index in [1.807, 2.05) is 12.1 Å². The predicted molar refractivity (Wildman–Crippen MR) is 130 cm³/mol. The normalized spacial score (nSPS) is 16.4. The molecule has 1 aromatic rings. The molecule has 2 rings (SSSR count). The average molecular weight is 502 g/mol.